The fraction of sp³-hybridized carbons (Fsp3) is 0.133. The van der Waals surface area contributed by atoms with Crippen LogP contribution < -0.4 is 0 Å². The Morgan fingerprint density at radius 3 is 2.56 bits per heavy atom. The summed E-state index contributed by atoms with van der Waals surface area (Å²) in [6.45, 7) is 4.09. The average molecular weight is 257 g/mol. The molecular weight excluding hydrogens is 245 g/mol. The van der Waals surface area contributed by atoms with Crippen molar-refractivity contribution >= 4 is 11.8 Å². The van der Waals surface area contributed by atoms with E-state index in [-0.39, 0.29) is 5.56 Å². The van der Waals surface area contributed by atoms with Gasteiger partial charge in [-0.05, 0) is 49.2 Å². The van der Waals surface area contributed by atoms with Crippen molar-refractivity contribution < 1.29 is 4.39 Å². The average Bonchev–Trinajstić information content (AvgIpc) is 2.34. The van der Waals surface area contributed by atoms with Gasteiger partial charge in [0.15, 0.2) is 0 Å². The van der Waals surface area contributed by atoms with Crippen LogP contribution in [-0.2, 0) is 0 Å². The van der Waals surface area contributed by atoms with Crippen molar-refractivity contribution in [1.29, 1.82) is 5.26 Å². The molecule has 0 aromatic heterocycles. The van der Waals surface area contributed by atoms with E-state index in [9.17, 15) is 4.39 Å². The summed E-state index contributed by atoms with van der Waals surface area (Å²) in [6, 6.07) is 12.7. The maximum Gasteiger partial charge on any atom is 0.142 e. The second-order valence-corrected chi connectivity index (χ2v) is 5.19. The third-order valence-corrected chi connectivity index (χ3v) is 3.84. The second-order valence-electron chi connectivity index (χ2n) is 4.07. The predicted molar refractivity (Wildman–Crippen MR) is 71.2 cm³/mol. The van der Waals surface area contributed by atoms with Crippen molar-refractivity contribution in [2.24, 2.45) is 0 Å². The van der Waals surface area contributed by atoms with Crippen molar-refractivity contribution in [3.8, 4) is 6.07 Å². The van der Waals surface area contributed by atoms with Gasteiger partial charge in [-0.2, -0.15) is 5.26 Å². The molecule has 2 aromatic rings. The Bertz CT molecular complexity index is 629. The van der Waals surface area contributed by atoms with E-state index in [0.29, 0.717) is 4.90 Å². The molecule has 0 aliphatic carbocycles. The van der Waals surface area contributed by atoms with Crippen molar-refractivity contribution in [3.63, 3.8) is 0 Å². The van der Waals surface area contributed by atoms with Gasteiger partial charge in [-0.15, -0.1) is 0 Å². The first kappa shape index (κ1) is 12.7. The predicted octanol–water partition coefficient (Wildman–Crippen LogP) is 4.47. The zero-order valence-electron chi connectivity index (χ0n) is 10.2. The molecule has 0 aliphatic rings. The number of nitrogens with zero attached hydrogens (tertiary/aromatic N) is 1. The summed E-state index contributed by atoms with van der Waals surface area (Å²) in [5.41, 5.74) is 2.52. The highest BCUT2D eigenvalue weighted by Gasteiger charge is 2.09. The van der Waals surface area contributed by atoms with Gasteiger partial charge >= 0.3 is 0 Å². The Morgan fingerprint density at radius 1 is 1.11 bits per heavy atom. The number of hydrogen-bond acceptors (Lipinski definition) is 2. The number of halogens is 1. The van der Waals surface area contributed by atoms with E-state index in [0.717, 1.165) is 4.90 Å². The summed E-state index contributed by atoms with van der Waals surface area (Å²) in [5.74, 6) is -0.466. The van der Waals surface area contributed by atoms with Crippen LogP contribution in [-0.4, -0.2) is 0 Å². The van der Waals surface area contributed by atoms with Gasteiger partial charge in [0.05, 0.1) is 0 Å². The van der Waals surface area contributed by atoms with Crippen LogP contribution in [0.4, 0.5) is 4.39 Å². The van der Waals surface area contributed by atoms with E-state index >= 15 is 0 Å². The molecule has 0 heterocycles. The molecule has 0 saturated carbocycles. The van der Waals surface area contributed by atoms with Gasteiger partial charge in [-0.25, -0.2) is 4.39 Å². The number of rotatable bonds is 2. The quantitative estimate of drug-likeness (QED) is 0.792. The summed E-state index contributed by atoms with van der Waals surface area (Å²) in [7, 11) is 0. The lowest BCUT2D eigenvalue weighted by molar-refractivity contribution is 0.620. The molecule has 3 heteroatoms. The summed E-state index contributed by atoms with van der Waals surface area (Å²) in [4.78, 5) is 1.67. The van der Waals surface area contributed by atoms with Crippen LogP contribution >= 0.6 is 11.8 Å². The molecule has 0 aliphatic heterocycles. The van der Waals surface area contributed by atoms with E-state index in [1.165, 1.54) is 29.0 Å². The highest BCUT2D eigenvalue weighted by molar-refractivity contribution is 7.99. The van der Waals surface area contributed by atoms with Crippen LogP contribution in [0, 0.1) is 31.0 Å². The van der Waals surface area contributed by atoms with E-state index < -0.39 is 5.82 Å². The minimum atomic E-state index is -0.466. The monoisotopic (exact) mass is 257 g/mol. The lowest BCUT2D eigenvalue weighted by atomic mass is 10.1. The number of hydrogen-bond donors (Lipinski definition) is 0. The molecule has 18 heavy (non-hydrogen) atoms. The molecule has 0 fully saturated rings. The zero-order valence-corrected chi connectivity index (χ0v) is 11.0. The van der Waals surface area contributed by atoms with Crippen molar-refractivity contribution in [2.75, 3.05) is 0 Å². The van der Waals surface area contributed by atoms with E-state index in [2.05, 4.69) is 0 Å². The summed E-state index contributed by atoms with van der Waals surface area (Å²) >= 11 is 1.41. The zero-order chi connectivity index (χ0) is 13.1. The highest BCUT2D eigenvalue weighted by atomic mass is 32.2. The molecule has 2 rings (SSSR count). The van der Waals surface area contributed by atoms with Crippen LogP contribution in [0.15, 0.2) is 46.2 Å². The highest BCUT2D eigenvalue weighted by Crippen LogP contribution is 2.32. The Hall–Kier alpha value is -1.79. The smallest absolute Gasteiger partial charge is 0.142 e. The number of nitriles is 1. The van der Waals surface area contributed by atoms with E-state index in [4.69, 9.17) is 5.26 Å². The second kappa shape index (κ2) is 5.24. The molecule has 0 bridgehead atoms. The summed E-state index contributed by atoms with van der Waals surface area (Å²) in [5, 5.41) is 8.97. The molecule has 0 atom stereocenters. The minimum Gasteiger partial charge on any atom is -0.206 e. The molecule has 0 spiro atoms. The molecule has 0 amide bonds. The Labute approximate surface area is 110 Å². The number of aryl methyl sites for hydroxylation is 2. The molecule has 1 nitrogen and oxygen atoms in total. The van der Waals surface area contributed by atoms with Crippen LogP contribution in [0.2, 0.25) is 0 Å². The van der Waals surface area contributed by atoms with Crippen LogP contribution in [0.5, 0.6) is 0 Å². The van der Waals surface area contributed by atoms with Gasteiger partial charge in [0.1, 0.15) is 17.4 Å². The molecule has 0 N–H and O–H groups in total. The first-order valence-electron chi connectivity index (χ1n) is 5.55. The molecule has 0 radical (unpaired) electrons. The first-order chi connectivity index (χ1) is 8.61. The Balaban J connectivity index is 2.37. The van der Waals surface area contributed by atoms with Gasteiger partial charge in [0.25, 0.3) is 0 Å². The Kier molecular flexibility index (Phi) is 3.69. The summed E-state index contributed by atoms with van der Waals surface area (Å²) < 4.78 is 13.5. The lowest BCUT2D eigenvalue weighted by Gasteiger charge is -2.06. The minimum absolute atomic E-state index is 0.112. The van der Waals surface area contributed by atoms with Gasteiger partial charge in [0, 0.05) is 9.79 Å². The maximum absolute atomic E-state index is 13.5. The topological polar surface area (TPSA) is 23.8 Å². The van der Waals surface area contributed by atoms with Gasteiger partial charge in [-0.3, -0.25) is 0 Å². The third kappa shape index (κ3) is 2.55. The fourth-order valence-corrected chi connectivity index (χ4v) is 2.62. The molecule has 2 aromatic carbocycles. The van der Waals surface area contributed by atoms with Gasteiger partial charge in [0.2, 0.25) is 0 Å². The largest absolute Gasteiger partial charge is 0.206 e. The molecule has 0 saturated heterocycles. The standard InChI is InChI=1S/C15H12FNS/c1-10-6-7-12(8-11(10)2)18-15-5-3-4-14(16)13(15)9-17/h3-8H,1-2H3. The molecular formula is C15H12FNS. The summed E-state index contributed by atoms with van der Waals surface area (Å²) in [6.07, 6.45) is 0. The van der Waals surface area contributed by atoms with Crippen molar-refractivity contribution in [1.82, 2.24) is 0 Å². The first-order valence-corrected chi connectivity index (χ1v) is 6.37. The Morgan fingerprint density at radius 2 is 1.89 bits per heavy atom. The van der Waals surface area contributed by atoms with Crippen molar-refractivity contribution in [3.05, 3.63) is 58.9 Å². The molecule has 0 unspecified atom stereocenters. The molecule has 90 valence electrons. The van der Waals surface area contributed by atoms with E-state index in [1.54, 1.807) is 12.1 Å². The lowest BCUT2D eigenvalue weighted by Crippen LogP contribution is -1.87. The fourth-order valence-electron chi connectivity index (χ4n) is 1.60. The van der Waals surface area contributed by atoms with Crippen LogP contribution in [0.3, 0.4) is 0 Å². The van der Waals surface area contributed by atoms with Gasteiger partial charge < -0.3 is 0 Å². The SMILES string of the molecule is Cc1ccc(Sc2cccc(F)c2C#N)cc1C. The normalized spacial score (nSPS) is 10.1. The van der Waals surface area contributed by atoms with Crippen molar-refractivity contribution in [2.45, 2.75) is 23.6 Å². The number of benzene rings is 2. The third-order valence-electron chi connectivity index (χ3n) is 2.79. The van der Waals surface area contributed by atoms with Crippen LogP contribution in [0.25, 0.3) is 0 Å². The maximum atomic E-state index is 13.5. The van der Waals surface area contributed by atoms with Gasteiger partial charge in [-0.1, -0.05) is 23.9 Å². The van der Waals surface area contributed by atoms with E-state index in [1.807, 2.05) is 38.1 Å². The van der Waals surface area contributed by atoms with Crippen LogP contribution in [0.1, 0.15) is 16.7 Å².